The summed E-state index contributed by atoms with van der Waals surface area (Å²) in [7, 11) is 3.84. The Morgan fingerprint density at radius 1 is 1.04 bits per heavy atom. The average molecular weight is 375 g/mol. The summed E-state index contributed by atoms with van der Waals surface area (Å²) in [6, 6.07) is 15.0. The Balaban J connectivity index is 1.93. The van der Waals surface area contributed by atoms with Gasteiger partial charge in [0.05, 0.1) is 40.4 Å². The monoisotopic (exact) mass is 375 g/mol. The number of anilines is 3. The van der Waals surface area contributed by atoms with Gasteiger partial charge in [-0.05, 0) is 36.4 Å². The minimum absolute atomic E-state index is 0.217. The zero-order valence-corrected chi connectivity index (χ0v) is 15.4. The third-order valence-corrected chi connectivity index (χ3v) is 4.34. The lowest BCUT2D eigenvalue weighted by atomic mass is 10.2. The van der Waals surface area contributed by atoms with Crippen LogP contribution in [0.5, 0.6) is 0 Å². The molecule has 0 radical (unpaired) electrons. The molecule has 4 aromatic rings. The van der Waals surface area contributed by atoms with Gasteiger partial charge in [-0.3, -0.25) is 9.78 Å². The van der Waals surface area contributed by atoms with Gasteiger partial charge in [-0.15, -0.1) is 0 Å². The molecule has 2 aromatic carbocycles. The molecule has 0 aliphatic carbocycles. The van der Waals surface area contributed by atoms with Crippen molar-refractivity contribution in [2.24, 2.45) is 0 Å². The lowest BCUT2D eigenvalue weighted by Crippen LogP contribution is -2.23. The van der Waals surface area contributed by atoms with Crippen molar-refractivity contribution in [3.63, 3.8) is 0 Å². The normalized spacial score (nSPS) is 10.8. The van der Waals surface area contributed by atoms with Gasteiger partial charge in [0.1, 0.15) is 5.82 Å². The Kier molecular flexibility index (Phi) is 4.49. The number of nitrogens with zero attached hydrogens (tertiary/aromatic N) is 4. The average Bonchev–Trinajstić information content (AvgIpc) is 2.70. The summed E-state index contributed by atoms with van der Waals surface area (Å²) < 4.78 is 15.1. The van der Waals surface area contributed by atoms with Crippen molar-refractivity contribution in [3.8, 4) is 5.69 Å². The highest BCUT2D eigenvalue weighted by atomic mass is 19.1. The quantitative estimate of drug-likeness (QED) is 0.589. The molecular weight excluding hydrogens is 357 g/mol. The number of fused-ring (bicyclic) bond motifs is 1. The molecule has 2 heterocycles. The van der Waals surface area contributed by atoms with Gasteiger partial charge in [0.2, 0.25) is 5.95 Å². The van der Waals surface area contributed by atoms with Crippen molar-refractivity contribution in [1.82, 2.24) is 14.5 Å². The fourth-order valence-corrected chi connectivity index (χ4v) is 2.93. The maximum Gasteiger partial charge on any atom is 0.267 e. The predicted molar refractivity (Wildman–Crippen MR) is 109 cm³/mol. The van der Waals surface area contributed by atoms with Crippen molar-refractivity contribution in [3.05, 3.63) is 83.2 Å². The maximum atomic E-state index is 13.7. The summed E-state index contributed by atoms with van der Waals surface area (Å²) in [6.07, 6.45) is 3.40. The van der Waals surface area contributed by atoms with Crippen LogP contribution in [0.3, 0.4) is 0 Å². The van der Waals surface area contributed by atoms with Gasteiger partial charge in [0.15, 0.2) is 0 Å². The van der Waals surface area contributed by atoms with Crippen LogP contribution in [0.15, 0.2) is 71.8 Å². The molecule has 1 N–H and O–H groups in total. The van der Waals surface area contributed by atoms with E-state index in [1.165, 1.54) is 22.8 Å². The molecular formula is C21H18FN5O. The van der Waals surface area contributed by atoms with Crippen LogP contribution in [0.1, 0.15) is 0 Å². The molecule has 4 rings (SSSR count). The molecule has 140 valence electrons. The number of nitrogens with one attached hydrogen (secondary N) is 1. The van der Waals surface area contributed by atoms with Gasteiger partial charge >= 0.3 is 0 Å². The topological polar surface area (TPSA) is 63.1 Å². The minimum atomic E-state index is -0.477. The van der Waals surface area contributed by atoms with Gasteiger partial charge < -0.3 is 10.2 Å². The number of halogens is 1. The Bertz CT molecular complexity index is 1200. The van der Waals surface area contributed by atoms with Crippen molar-refractivity contribution in [2.75, 3.05) is 24.3 Å². The molecule has 0 aliphatic heterocycles. The van der Waals surface area contributed by atoms with Crippen molar-refractivity contribution in [1.29, 1.82) is 0 Å². The molecule has 28 heavy (non-hydrogen) atoms. The highest BCUT2D eigenvalue weighted by Gasteiger charge is 2.14. The van der Waals surface area contributed by atoms with E-state index in [4.69, 9.17) is 0 Å². The van der Waals surface area contributed by atoms with Gasteiger partial charge in [-0.2, -0.15) is 0 Å². The van der Waals surface area contributed by atoms with E-state index in [1.807, 2.05) is 43.3 Å². The molecule has 0 fully saturated rings. The van der Waals surface area contributed by atoms with E-state index in [-0.39, 0.29) is 10.9 Å². The van der Waals surface area contributed by atoms with Gasteiger partial charge in [-0.25, -0.2) is 13.9 Å². The summed E-state index contributed by atoms with van der Waals surface area (Å²) in [5.41, 5.74) is 2.28. The SMILES string of the molecule is CN(C)c1cncc(Nc2nc3ccc(F)cc3c(=O)n2-c2ccccc2)c1. The molecule has 2 aromatic heterocycles. The Hall–Kier alpha value is -3.74. The van der Waals surface area contributed by atoms with Gasteiger partial charge in [0, 0.05) is 14.1 Å². The number of benzene rings is 2. The minimum Gasteiger partial charge on any atom is -0.376 e. The van der Waals surface area contributed by atoms with Crippen LogP contribution >= 0.6 is 0 Å². The van der Waals surface area contributed by atoms with Gasteiger partial charge in [-0.1, -0.05) is 18.2 Å². The lowest BCUT2D eigenvalue weighted by molar-refractivity contribution is 0.629. The van der Waals surface area contributed by atoms with E-state index in [0.29, 0.717) is 22.8 Å². The standard InChI is InChI=1S/C21H18FN5O/c1-26(2)17-11-15(12-23-13-17)24-21-25-19-9-8-14(22)10-18(19)20(28)27(21)16-6-4-3-5-7-16/h3-13H,1-2H3,(H,24,25). The van der Waals surface area contributed by atoms with E-state index in [9.17, 15) is 9.18 Å². The third kappa shape index (κ3) is 3.29. The molecule has 6 nitrogen and oxygen atoms in total. The Morgan fingerprint density at radius 3 is 2.57 bits per heavy atom. The van der Waals surface area contributed by atoms with Crippen LogP contribution in [0, 0.1) is 5.82 Å². The first-order valence-electron chi connectivity index (χ1n) is 8.70. The van der Waals surface area contributed by atoms with Crippen LogP contribution in [0.2, 0.25) is 0 Å². The van der Waals surface area contributed by atoms with Crippen molar-refractivity contribution < 1.29 is 4.39 Å². The molecule has 0 bridgehead atoms. The molecule has 0 saturated heterocycles. The molecule has 0 unspecified atom stereocenters. The first-order valence-corrected chi connectivity index (χ1v) is 8.70. The van der Waals surface area contributed by atoms with E-state index < -0.39 is 5.82 Å². The first kappa shape index (κ1) is 17.7. The second-order valence-electron chi connectivity index (χ2n) is 6.52. The highest BCUT2D eigenvalue weighted by molar-refractivity contribution is 5.80. The number of para-hydroxylation sites is 1. The van der Waals surface area contributed by atoms with E-state index in [0.717, 1.165) is 5.69 Å². The van der Waals surface area contributed by atoms with E-state index in [1.54, 1.807) is 24.5 Å². The molecule has 0 atom stereocenters. The fourth-order valence-electron chi connectivity index (χ4n) is 2.93. The number of hydrogen-bond acceptors (Lipinski definition) is 5. The number of rotatable bonds is 4. The zero-order valence-electron chi connectivity index (χ0n) is 15.4. The Morgan fingerprint density at radius 2 is 1.82 bits per heavy atom. The molecule has 7 heteroatoms. The second-order valence-corrected chi connectivity index (χ2v) is 6.52. The van der Waals surface area contributed by atoms with Crippen LogP contribution in [-0.2, 0) is 0 Å². The summed E-state index contributed by atoms with van der Waals surface area (Å²) in [4.78, 5) is 23.9. The Labute approximate surface area is 160 Å². The predicted octanol–water partition coefficient (Wildman–Crippen LogP) is 3.73. The number of aromatic nitrogens is 3. The maximum absolute atomic E-state index is 13.7. The number of hydrogen-bond donors (Lipinski definition) is 1. The third-order valence-electron chi connectivity index (χ3n) is 4.34. The van der Waals surface area contributed by atoms with Crippen molar-refractivity contribution >= 4 is 28.2 Å². The molecule has 0 amide bonds. The zero-order chi connectivity index (χ0) is 19.7. The van der Waals surface area contributed by atoms with Crippen LogP contribution in [0.4, 0.5) is 21.7 Å². The largest absolute Gasteiger partial charge is 0.376 e. The number of pyridine rings is 1. The summed E-state index contributed by atoms with van der Waals surface area (Å²) in [6.45, 7) is 0. The lowest BCUT2D eigenvalue weighted by Gasteiger charge is -2.17. The van der Waals surface area contributed by atoms with E-state index >= 15 is 0 Å². The van der Waals surface area contributed by atoms with Crippen LogP contribution < -0.4 is 15.8 Å². The first-order chi connectivity index (χ1) is 13.5. The van der Waals surface area contributed by atoms with Gasteiger partial charge in [0.25, 0.3) is 5.56 Å². The molecule has 0 spiro atoms. The van der Waals surface area contributed by atoms with Crippen LogP contribution in [0.25, 0.3) is 16.6 Å². The molecule has 0 saturated carbocycles. The fraction of sp³-hybridized carbons (Fsp3) is 0.0952. The summed E-state index contributed by atoms with van der Waals surface area (Å²) in [5, 5.41) is 3.40. The van der Waals surface area contributed by atoms with E-state index in [2.05, 4.69) is 15.3 Å². The van der Waals surface area contributed by atoms with Crippen molar-refractivity contribution in [2.45, 2.75) is 0 Å². The highest BCUT2D eigenvalue weighted by Crippen LogP contribution is 2.22. The smallest absolute Gasteiger partial charge is 0.267 e. The second kappa shape index (κ2) is 7.11. The molecule has 0 aliphatic rings. The summed E-state index contributed by atoms with van der Waals surface area (Å²) in [5.74, 6) is -0.150. The summed E-state index contributed by atoms with van der Waals surface area (Å²) >= 11 is 0. The van der Waals surface area contributed by atoms with Crippen LogP contribution in [-0.4, -0.2) is 28.6 Å².